The van der Waals surface area contributed by atoms with E-state index in [4.69, 9.17) is 4.42 Å². The summed E-state index contributed by atoms with van der Waals surface area (Å²) in [6, 6.07) is 9.57. The molecule has 6 nitrogen and oxygen atoms in total. The lowest BCUT2D eigenvalue weighted by atomic mass is 9.94. The van der Waals surface area contributed by atoms with Crippen LogP contribution < -0.4 is 16.2 Å². The summed E-state index contributed by atoms with van der Waals surface area (Å²) in [4.78, 5) is 12.5. The molecule has 1 fully saturated rings. The van der Waals surface area contributed by atoms with Crippen molar-refractivity contribution in [2.75, 3.05) is 19.7 Å². The fraction of sp³-hybridized carbons (Fsp3) is 0.389. The molecule has 3 atom stereocenters. The lowest BCUT2D eigenvalue weighted by Crippen LogP contribution is -2.38. The topological polar surface area (TPSA) is 86.5 Å². The summed E-state index contributed by atoms with van der Waals surface area (Å²) in [5.74, 6) is -0.168. The molecular formula is C18H22FN3O3. The maximum absolute atomic E-state index is 13.4. The number of nitrogens with one attached hydrogen (secondary N) is 3. The highest BCUT2D eigenvalue weighted by Crippen LogP contribution is 2.25. The zero-order valence-electron chi connectivity index (χ0n) is 13.7. The van der Waals surface area contributed by atoms with Crippen molar-refractivity contribution in [2.24, 2.45) is 11.8 Å². The first-order valence-electron chi connectivity index (χ1n) is 8.32. The van der Waals surface area contributed by atoms with Crippen LogP contribution in [-0.4, -0.2) is 30.7 Å². The molecule has 3 unspecified atom stereocenters. The normalized spacial score (nSPS) is 21.2. The maximum Gasteiger partial charge on any atom is 0.226 e. The van der Waals surface area contributed by atoms with Crippen molar-refractivity contribution in [3.63, 3.8) is 0 Å². The number of hydrogen-bond acceptors (Lipinski definition) is 5. The standard InChI is InChI=1S/C18H22FN3O3/c19-14-4-1-3-13(8-14)17-16(10-21-22-17)18(24)20-9-12(11-23)7-15-5-2-6-25-15/h1-6,8,12,16-17,21-23H,7,9-11H2,(H,20,24). The molecule has 1 amide bonds. The van der Waals surface area contributed by atoms with Gasteiger partial charge in [-0.15, -0.1) is 0 Å². The van der Waals surface area contributed by atoms with E-state index in [0.29, 0.717) is 19.5 Å². The van der Waals surface area contributed by atoms with Crippen LogP contribution in [-0.2, 0) is 11.2 Å². The Morgan fingerprint density at radius 1 is 1.40 bits per heavy atom. The Morgan fingerprint density at radius 3 is 3.00 bits per heavy atom. The molecule has 0 saturated carbocycles. The highest BCUT2D eigenvalue weighted by atomic mass is 19.1. The first-order chi connectivity index (χ1) is 12.2. The summed E-state index contributed by atoms with van der Waals surface area (Å²) < 4.78 is 18.7. The van der Waals surface area contributed by atoms with E-state index in [9.17, 15) is 14.3 Å². The molecule has 1 aromatic carbocycles. The number of aliphatic hydroxyl groups excluding tert-OH is 1. The quantitative estimate of drug-likeness (QED) is 0.604. The second kappa shape index (κ2) is 8.24. The molecule has 0 bridgehead atoms. The molecular weight excluding hydrogens is 325 g/mol. The van der Waals surface area contributed by atoms with Crippen LogP contribution in [0.1, 0.15) is 17.4 Å². The molecule has 0 aliphatic carbocycles. The first-order valence-corrected chi connectivity index (χ1v) is 8.32. The van der Waals surface area contributed by atoms with Crippen LogP contribution in [0.5, 0.6) is 0 Å². The molecule has 3 rings (SSSR count). The number of hydrazine groups is 1. The van der Waals surface area contributed by atoms with Crippen LogP contribution in [0.15, 0.2) is 47.1 Å². The number of carbonyl (C=O) groups excluding carboxylic acids is 1. The van der Waals surface area contributed by atoms with Gasteiger partial charge in [0.15, 0.2) is 0 Å². The predicted molar refractivity (Wildman–Crippen MR) is 89.8 cm³/mol. The van der Waals surface area contributed by atoms with E-state index < -0.39 is 0 Å². The zero-order chi connectivity index (χ0) is 17.6. The first kappa shape index (κ1) is 17.6. The molecule has 2 aromatic rings. The van der Waals surface area contributed by atoms with Crippen LogP contribution >= 0.6 is 0 Å². The smallest absolute Gasteiger partial charge is 0.226 e. The van der Waals surface area contributed by atoms with Crippen molar-refractivity contribution in [1.29, 1.82) is 0 Å². The van der Waals surface area contributed by atoms with Gasteiger partial charge >= 0.3 is 0 Å². The Morgan fingerprint density at radius 2 is 2.28 bits per heavy atom. The maximum atomic E-state index is 13.4. The van der Waals surface area contributed by atoms with Gasteiger partial charge in [0.05, 0.1) is 18.2 Å². The van der Waals surface area contributed by atoms with Crippen molar-refractivity contribution in [3.05, 3.63) is 59.8 Å². The van der Waals surface area contributed by atoms with Crippen LogP contribution in [0.4, 0.5) is 4.39 Å². The molecule has 1 aromatic heterocycles. The number of hydrogen-bond donors (Lipinski definition) is 4. The Balaban J connectivity index is 1.58. The summed E-state index contributed by atoms with van der Waals surface area (Å²) >= 11 is 0. The minimum atomic E-state index is -0.357. The number of carbonyl (C=O) groups is 1. The molecule has 1 saturated heterocycles. The molecule has 1 aliphatic heterocycles. The van der Waals surface area contributed by atoms with Crippen LogP contribution in [0.2, 0.25) is 0 Å². The van der Waals surface area contributed by atoms with Crippen molar-refractivity contribution in [2.45, 2.75) is 12.5 Å². The Hall–Kier alpha value is -2.22. The second-order valence-corrected chi connectivity index (χ2v) is 6.24. The van der Waals surface area contributed by atoms with E-state index in [1.54, 1.807) is 24.5 Å². The lowest BCUT2D eigenvalue weighted by molar-refractivity contribution is -0.125. The van der Waals surface area contributed by atoms with Gasteiger partial charge < -0.3 is 14.8 Å². The van der Waals surface area contributed by atoms with Crippen LogP contribution in [0.3, 0.4) is 0 Å². The molecule has 7 heteroatoms. The highest BCUT2D eigenvalue weighted by Gasteiger charge is 2.34. The fourth-order valence-electron chi connectivity index (χ4n) is 3.05. The Kier molecular flexibility index (Phi) is 5.80. The van der Waals surface area contributed by atoms with Crippen molar-refractivity contribution in [3.8, 4) is 0 Å². The van der Waals surface area contributed by atoms with Crippen LogP contribution in [0, 0.1) is 17.7 Å². The predicted octanol–water partition coefficient (Wildman–Crippen LogP) is 1.15. The lowest BCUT2D eigenvalue weighted by Gasteiger charge is -2.20. The largest absolute Gasteiger partial charge is 0.469 e. The molecule has 134 valence electrons. The number of aliphatic hydroxyl groups is 1. The van der Waals surface area contributed by atoms with E-state index in [-0.39, 0.29) is 36.2 Å². The summed E-state index contributed by atoms with van der Waals surface area (Å²) in [6.45, 7) is 0.757. The van der Waals surface area contributed by atoms with Crippen LogP contribution in [0.25, 0.3) is 0 Å². The second-order valence-electron chi connectivity index (χ2n) is 6.24. The van der Waals surface area contributed by atoms with Gasteiger partial charge in [0.1, 0.15) is 11.6 Å². The van der Waals surface area contributed by atoms with E-state index in [1.165, 1.54) is 12.1 Å². The molecule has 0 spiro atoms. The average molecular weight is 347 g/mol. The minimum absolute atomic E-state index is 0.0462. The molecule has 1 aliphatic rings. The van der Waals surface area contributed by atoms with E-state index in [0.717, 1.165) is 11.3 Å². The summed E-state index contributed by atoms with van der Waals surface area (Å²) in [5, 5.41) is 12.4. The van der Waals surface area contributed by atoms with Gasteiger partial charge in [0.2, 0.25) is 5.91 Å². The summed E-state index contributed by atoms with van der Waals surface area (Å²) in [6.07, 6.45) is 2.14. The van der Waals surface area contributed by atoms with Gasteiger partial charge in [0.25, 0.3) is 0 Å². The number of rotatable bonds is 7. The van der Waals surface area contributed by atoms with E-state index >= 15 is 0 Å². The third kappa shape index (κ3) is 4.45. The Labute approximate surface area is 145 Å². The van der Waals surface area contributed by atoms with Gasteiger partial charge in [-0.3, -0.25) is 10.2 Å². The summed E-state index contributed by atoms with van der Waals surface area (Å²) in [7, 11) is 0. The zero-order valence-corrected chi connectivity index (χ0v) is 13.7. The van der Waals surface area contributed by atoms with Gasteiger partial charge in [-0.25, -0.2) is 9.82 Å². The minimum Gasteiger partial charge on any atom is -0.469 e. The van der Waals surface area contributed by atoms with E-state index in [1.807, 2.05) is 6.07 Å². The van der Waals surface area contributed by atoms with Gasteiger partial charge in [-0.1, -0.05) is 12.1 Å². The number of furan rings is 1. The molecule has 2 heterocycles. The Bertz CT molecular complexity index is 693. The monoisotopic (exact) mass is 347 g/mol. The van der Waals surface area contributed by atoms with Crippen molar-refractivity contribution < 1.29 is 18.7 Å². The van der Waals surface area contributed by atoms with Crippen molar-refractivity contribution >= 4 is 5.91 Å². The third-order valence-electron chi connectivity index (χ3n) is 4.42. The SMILES string of the molecule is O=C(NCC(CO)Cc1ccco1)C1CNNC1c1cccc(F)c1. The highest BCUT2D eigenvalue weighted by molar-refractivity contribution is 5.80. The third-order valence-corrected chi connectivity index (χ3v) is 4.42. The van der Waals surface area contributed by atoms with Gasteiger partial charge in [-0.05, 0) is 29.8 Å². The average Bonchev–Trinajstić information content (AvgIpc) is 3.29. The van der Waals surface area contributed by atoms with Crippen molar-refractivity contribution in [1.82, 2.24) is 16.2 Å². The number of benzene rings is 1. The van der Waals surface area contributed by atoms with Gasteiger partial charge in [-0.2, -0.15) is 0 Å². The number of amides is 1. The van der Waals surface area contributed by atoms with E-state index in [2.05, 4.69) is 16.2 Å². The molecule has 0 radical (unpaired) electrons. The fourth-order valence-corrected chi connectivity index (χ4v) is 3.05. The van der Waals surface area contributed by atoms with Gasteiger partial charge in [0, 0.05) is 32.0 Å². The molecule has 4 N–H and O–H groups in total. The molecule has 25 heavy (non-hydrogen) atoms. The number of halogens is 1. The summed E-state index contributed by atoms with van der Waals surface area (Å²) in [5.41, 5.74) is 6.71.